The molecule has 94 valence electrons. The van der Waals surface area contributed by atoms with E-state index in [0.717, 1.165) is 32.4 Å². The van der Waals surface area contributed by atoms with Gasteiger partial charge >= 0.3 is 0 Å². The van der Waals surface area contributed by atoms with Crippen LogP contribution in [0.3, 0.4) is 0 Å². The molecule has 1 aliphatic heterocycles. The first kappa shape index (κ1) is 13.5. The number of hydrogen-bond donors (Lipinski definition) is 2. The van der Waals surface area contributed by atoms with Crippen LogP contribution in [-0.4, -0.2) is 48.2 Å². The summed E-state index contributed by atoms with van der Waals surface area (Å²) in [7, 11) is 0. The first-order chi connectivity index (χ1) is 7.63. The number of nitrogens with zero attached hydrogens (tertiary/aromatic N) is 1. The van der Waals surface area contributed by atoms with Gasteiger partial charge < -0.3 is 10.4 Å². The van der Waals surface area contributed by atoms with Crippen molar-refractivity contribution < 1.29 is 9.90 Å². The van der Waals surface area contributed by atoms with Crippen LogP contribution < -0.4 is 5.32 Å². The SMILES string of the molecule is CC(C)CCNC(=O)CN1CCC[C@@H]1CO. The number of nitrogens with one attached hydrogen (secondary N) is 1. The van der Waals surface area contributed by atoms with Crippen molar-refractivity contribution in [2.75, 3.05) is 26.2 Å². The molecule has 0 unspecified atom stereocenters. The van der Waals surface area contributed by atoms with Crippen LogP contribution in [0.2, 0.25) is 0 Å². The second-order valence-electron chi connectivity index (χ2n) is 4.98. The van der Waals surface area contributed by atoms with Crippen molar-refractivity contribution in [2.45, 2.75) is 39.2 Å². The Kier molecular flexibility index (Phi) is 5.77. The Morgan fingerprint density at radius 3 is 2.94 bits per heavy atom. The molecule has 4 heteroatoms. The molecule has 0 spiro atoms. The van der Waals surface area contributed by atoms with Crippen LogP contribution in [0, 0.1) is 5.92 Å². The van der Waals surface area contributed by atoms with Crippen LogP contribution >= 0.6 is 0 Å². The Balaban J connectivity index is 2.18. The summed E-state index contributed by atoms with van der Waals surface area (Å²) in [5.41, 5.74) is 0. The van der Waals surface area contributed by atoms with Gasteiger partial charge in [-0.1, -0.05) is 13.8 Å². The minimum atomic E-state index is 0.0843. The number of rotatable bonds is 6. The van der Waals surface area contributed by atoms with Crippen molar-refractivity contribution in [3.63, 3.8) is 0 Å². The molecule has 1 fully saturated rings. The smallest absolute Gasteiger partial charge is 0.234 e. The lowest BCUT2D eigenvalue weighted by Crippen LogP contribution is -2.41. The highest BCUT2D eigenvalue weighted by Crippen LogP contribution is 2.15. The Bertz CT molecular complexity index is 219. The van der Waals surface area contributed by atoms with Gasteiger partial charge in [0, 0.05) is 12.6 Å². The van der Waals surface area contributed by atoms with Crippen molar-refractivity contribution in [2.24, 2.45) is 5.92 Å². The molecule has 1 heterocycles. The fourth-order valence-electron chi connectivity index (χ4n) is 2.05. The first-order valence-electron chi connectivity index (χ1n) is 6.25. The van der Waals surface area contributed by atoms with Gasteiger partial charge in [0.1, 0.15) is 0 Å². The van der Waals surface area contributed by atoms with E-state index in [1.807, 2.05) is 0 Å². The van der Waals surface area contributed by atoms with Gasteiger partial charge in [-0.3, -0.25) is 9.69 Å². The monoisotopic (exact) mass is 228 g/mol. The summed E-state index contributed by atoms with van der Waals surface area (Å²) in [6, 6.07) is 0.191. The Morgan fingerprint density at radius 1 is 1.56 bits per heavy atom. The highest BCUT2D eigenvalue weighted by molar-refractivity contribution is 5.78. The average molecular weight is 228 g/mol. The van der Waals surface area contributed by atoms with E-state index in [0.29, 0.717) is 12.5 Å². The van der Waals surface area contributed by atoms with Crippen LogP contribution in [0.4, 0.5) is 0 Å². The highest BCUT2D eigenvalue weighted by atomic mass is 16.3. The van der Waals surface area contributed by atoms with Gasteiger partial charge in [0.15, 0.2) is 0 Å². The summed E-state index contributed by atoms with van der Waals surface area (Å²) in [5.74, 6) is 0.707. The second kappa shape index (κ2) is 6.86. The van der Waals surface area contributed by atoms with E-state index in [1.165, 1.54) is 0 Å². The number of aliphatic hydroxyl groups is 1. The fraction of sp³-hybridized carbons (Fsp3) is 0.917. The molecule has 1 atom stereocenters. The Labute approximate surface area is 98.0 Å². The number of aliphatic hydroxyl groups excluding tert-OH is 1. The molecule has 4 nitrogen and oxygen atoms in total. The maximum absolute atomic E-state index is 11.6. The molecule has 0 radical (unpaired) electrons. The summed E-state index contributed by atoms with van der Waals surface area (Å²) < 4.78 is 0. The molecule has 0 aliphatic carbocycles. The molecule has 1 aliphatic rings. The van der Waals surface area contributed by atoms with Crippen LogP contribution in [0.1, 0.15) is 33.1 Å². The molecule has 0 aromatic rings. The first-order valence-corrected chi connectivity index (χ1v) is 6.25. The van der Waals surface area contributed by atoms with Crippen molar-refractivity contribution >= 4 is 5.91 Å². The predicted octanol–water partition coefficient (Wildman–Crippen LogP) is 0.605. The maximum Gasteiger partial charge on any atom is 0.234 e. The van der Waals surface area contributed by atoms with Gasteiger partial charge in [0.25, 0.3) is 0 Å². The lowest BCUT2D eigenvalue weighted by molar-refractivity contribution is -0.122. The van der Waals surface area contributed by atoms with Gasteiger partial charge in [-0.15, -0.1) is 0 Å². The number of carbonyl (C=O) groups is 1. The molecule has 1 rings (SSSR count). The fourth-order valence-corrected chi connectivity index (χ4v) is 2.05. The lowest BCUT2D eigenvalue weighted by Gasteiger charge is -2.21. The van der Waals surface area contributed by atoms with Gasteiger partial charge in [0.2, 0.25) is 5.91 Å². The van der Waals surface area contributed by atoms with Crippen LogP contribution in [-0.2, 0) is 4.79 Å². The normalized spacial score (nSPS) is 21.6. The average Bonchev–Trinajstić information content (AvgIpc) is 2.64. The number of carbonyl (C=O) groups excluding carboxylic acids is 1. The van der Waals surface area contributed by atoms with E-state index in [4.69, 9.17) is 5.11 Å². The standard InChI is InChI=1S/C12H24N2O2/c1-10(2)5-6-13-12(16)8-14-7-3-4-11(14)9-15/h10-11,15H,3-9H2,1-2H3,(H,13,16)/t11-/m1/s1. The summed E-state index contributed by atoms with van der Waals surface area (Å²) >= 11 is 0. The van der Waals surface area contributed by atoms with E-state index in [2.05, 4.69) is 24.1 Å². The third kappa shape index (κ3) is 4.49. The van der Waals surface area contributed by atoms with E-state index in [-0.39, 0.29) is 18.6 Å². The minimum Gasteiger partial charge on any atom is -0.395 e. The molecule has 2 N–H and O–H groups in total. The number of likely N-dealkylation sites (tertiary alicyclic amines) is 1. The van der Waals surface area contributed by atoms with Crippen molar-refractivity contribution in [3.05, 3.63) is 0 Å². The van der Waals surface area contributed by atoms with Crippen molar-refractivity contribution in [1.82, 2.24) is 10.2 Å². The molecule has 0 saturated carbocycles. The van der Waals surface area contributed by atoms with Gasteiger partial charge in [-0.05, 0) is 31.7 Å². The van der Waals surface area contributed by atoms with E-state index in [9.17, 15) is 4.79 Å². The predicted molar refractivity (Wildman–Crippen MR) is 64.1 cm³/mol. The minimum absolute atomic E-state index is 0.0843. The van der Waals surface area contributed by atoms with E-state index < -0.39 is 0 Å². The summed E-state index contributed by atoms with van der Waals surface area (Å²) in [4.78, 5) is 13.7. The van der Waals surface area contributed by atoms with Crippen molar-refractivity contribution in [1.29, 1.82) is 0 Å². The lowest BCUT2D eigenvalue weighted by atomic mass is 10.1. The van der Waals surface area contributed by atoms with Crippen molar-refractivity contribution in [3.8, 4) is 0 Å². The summed E-state index contributed by atoms with van der Waals surface area (Å²) in [6.07, 6.45) is 3.12. The van der Waals surface area contributed by atoms with E-state index >= 15 is 0 Å². The molecule has 0 bridgehead atoms. The van der Waals surface area contributed by atoms with Gasteiger partial charge in [-0.2, -0.15) is 0 Å². The van der Waals surface area contributed by atoms with Gasteiger partial charge in [0.05, 0.1) is 13.2 Å². The molecular weight excluding hydrogens is 204 g/mol. The van der Waals surface area contributed by atoms with Crippen LogP contribution in [0.15, 0.2) is 0 Å². The zero-order valence-corrected chi connectivity index (χ0v) is 10.4. The molecule has 1 amide bonds. The number of amides is 1. The highest BCUT2D eigenvalue weighted by Gasteiger charge is 2.25. The Morgan fingerprint density at radius 2 is 2.31 bits per heavy atom. The summed E-state index contributed by atoms with van der Waals surface area (Å²) in [6.45, 7) is 6.59. The third-order valence-corrected chi connectivity index (χ3v) is 3.10. The van der Waals surface area contributed by atoms with Gasteiger partial charge in [-0.25, -0.2) is 0 Å². The van der Waals surface area contributed by atoms with E-state index in [1.54, 1.807) is 0 Å². The quantitative estimate of drug-likeness (QED) is 0.700. The zero-order chi connectivity index (χ0) is 12.0. The summed E-state index contributed by atoms with van der Waals surface area (Å²) in [5, 5.41) is 12.0. The van der Waals surface area contributed by atoms with Crippen LogP contribution in [0.5, 0.6) is 0 Å². The third-order valence-electron chi connectivity index (χ3n) is 3.10. The Hall–Kier alpha value is -0.610. The zero-order valence-electron chi connectivity index (χ0n) is 10.4. The molecule has 1 saturated heterocycles. The molecule has 0 aromatic heterocycles. The van der Waals surface area contributed by atoms with Crippen LogP contribution in [0.25, 0.3) is 0 Å². The maximum atomic E-state index is 11.6. The second-order valence-corrected chi connectivity index (χ2v) is 4.98. The molecular formula is C12H24N2O2. The number of hydrogen-bond acceptors (Lipinski definition) is 3. The topological polar surface area (TPSA) is 52.6 Å². The molecule has 16 heavy (non-hydrogen) atoms. The molecule has 0 aromatic carbocycles. The largest absolute Gasteiger partial charge is 0.395 e.